The number of halogens is 1. The van der Waals surface area contributed by atoms with Crippen LogP contribution in [0.25, 0.3) is 0 Å². The van der Waals surface area contributed by atoms with E-state index in [1.165, 1.54) is 0 Å². The van der Waals surface area contributed by atoms with Crippen LogP contribution in [0.4, 0.5) is 4.79 Å². The Kier molecular flexibility index (Phi) is 5.62. The second-order valence-electron chi connectivity index (χ2n) is 4.61. The summed E-state index contributed by atoms with van der Waals surface area (Å²) in [7, 11) is 0. The van der Waals surface area contributed by atoms with Crippen LogP contribution in [0.1, 0.15) is 23.5 Å². The monoisotopic (exact) mass is 358 g/mol. The van der Waals surface area contributed by atoms with Gasteiger partial charge in [-0.05, 0) is 26.0 Å². The molecular weight excluding hydrogens is 344 g/mol. The number of rotatable bonds is 5. The van der Waals surface area contributed by atoms with Crippen LogP contribution in [0.2, 0.25) is 4.34 Å². The minimum absolute atomic E-state index is 0.198. The van der Waals surface area contributed by atoms with Gasteiger partial charge in [-0.3, -0.25) is 0 Å². The molecule has 1 aliphatic heterocycles. The lowest BCUT2D eigenvalue weighted by atomic mass is 10.0. The van der Waals surface area contributed by atoms with Crippen molar-refractivity contribution in [2.45, 2.75) is 19.9 Å². The maximum atomic E-state index is 12.0. The summed E-state index contributed by atoms with van der Waals surface area (Å²) in [4.78, 5) is 35.8. The highest BCUT2D eigenvalue weighted by atomic mass is 35.5. The van der Waals surface area contributed by atoms with Gasteiger partial charge in [0.25, 0.3) is 0 Å². The quantitative estimate of drug-likeness (QED) is 0.786. The molecule has 0 unspecified atom stereocenters. The second kappa shape index (κ2) is 7.47. The third kappa shape index (κ3) is 4.23. The number of carbonyl (C=O) groups is 3. The fourth-order valence-corrected chi connectivity index (χ4v) is 2.96. The first-order chi connectivity index (χ1) is 10.9. The van der Waals surface area contributed by atoms with Crippen molar-refractivity contribution < 1.29 is 23.9 Å². The molecular formula is C14H15ClN2O5S. The van der Waals surface area contributed by atoms with Crippen molar-refractivity contribution in [2.75, 3.05) is 13.2 Å². The Morgan fingerprint density at radius 2 is 2.04 bits per heavy atom. The Morgan fingerprint density at radius 3 is 2.65 bits per heavy atom. The highest BCUT2D eigenvalue weighted by Crippen LogP contribution is 2.22. The van der Waals surface area contributed by atoms with Crippen molar-refractivity contribution >= 4 is 40.9 Å². The van der Waals surface area contributed by atoms with Crippen molar-refractivity contribution in [1.29, 1.82) is 0 Å². The van der Waals surface area contributed by atoms with Crippen LogP contribution in [0.5, 0.6) is 0 Å². The van der Waals surface area contributed by atoms with Gasteiger partial charge in [0.15, 0.2) is 0 Å². The summed E-state index contributed by atoms with van der Waals surface area (Å²) in [6, 6.07) is 2.10. The van der Waals surface area contributed by atoms with Crippen LogP contribution in [-0.2, 0) is 14.3 Å². The maximum Gasteiger partial charge on any atom is 0.348 e. The second-order valence-corrected chi connectivity index (χ2v) is 6.33. The lowest BCUT2D eigenvalue weighted by Gasteiger charge is -2.26. The number of nitrogens with one attached hydrogen (secondary N) is 2. The molecule has 0 saturated heterocycles. The summed E-state index contributed by atoms with van der Waals surface area (Å²) in [5, 5.41) is 5.03. The minimum Gasteiger partial charge on any atom is -0.463 e. The van der Waals surface area contributed by atoms with Crippen molar-refractivity contribution in [1.82, 2.24) is 10.6 Å². The molecule has 2 heterocycles. The van der Waals surface area contributed by atoms with E-state index in [4.69, 9.17) is 21.1 Å². The van der Waals surface area contributed by atoms with Crippen LogP contribution < -0.4 is 10.6 Å². The van der Waals surface area contributed by atoms with E-state index in [0.29, 0.717) is 9.21 Å². The fraction of sp³-hybridized carbons (Fsp3) is 0.357. The molecule has 0 bridgehead atoms. The zero-order chi connectivity index (χ0) is 17.0. The largest absolute Gasteiger partial charge is 0.463 e. The zero-order valence-corrected chi connectivity index (χ0v) is 14.0. The van der Waals surface area contributed by atoms with Gasteiger partial charge in [0.05, 0.1) is 28.3 Å². The topological polar surface area (TPSA) is 93.7 Å². The Bertz CT molecular complexity index is 670. The Balaban J connectivity index is 2.15. The molecule has 0 radical (unpaired) electrons. The lowest BCUT2D eigenvalue weighted by molar-refractivity contribution is -0.139. The molecule has 0 saturated carbocycles. The van der Waals surface area contributed by atoms with Gasteiger partial charge in [0.2, 0.25) is 0 Å². The average molecular weight is 359 g/mol. The number of ether oxygens (including phenoxy) is 2. The summed E-state index contributed by atoms with van der Waals surface area (Å²) in [5.41, 5.74) is 0.430. The highest BCUT2D eigenvalue weighted by molar-refractivity contribution is 7.17. The Morgan fingerprint density at radius 1 is 1.30 bits per heavy atom. The normalized spacial score (nSPS) is 17.3. The van der Waals surface area contributed by atoms with Crippen molar-refractivity contribution in [3.8, 4) is 0 Å². The molecule has 1 aromatic rings. The summed E-state index contributed by atoms with van der Waals surface area (Å²) in [6.07, 6.45) is 0. The standard InChI is InChI=1S/C14H15ClN2O5S/c1-3-21-13(19)11-7(2)16-14(20)17-8(11)6-22-12(18)9-4-5-10(15)23-9/h4-5,7H,3,6H2,1-2H3,(H2,16,17,20)/t7-/m0/s1. The zero-order valence-electron chi connectivity index (χ0n) is 12.5. The number of hydrogen-bond acceptors (Lipinski definition) is 6. The molecule has 2 N–H and O–H groups in total. The fourth-order valence-electron chi connectivity index (χ4n) is 2.03. The number of amides is 2. The molecule has 9 heteroatoms. The van der Waals surface area contributed by atoms with E-state index in [0.717, 1.165) is 11.3 Å². The van der Waals surface area contributed by atoms with Crippen LogP contribution in [0.3, 0.4) is 0 Å². The molecule has 124 valence electrons. The first-order valence-electron chi connectivity index (χ1n) is 6.82. The van der Waals surface area contributed by atoms with Crippen LogP contribution >= 0.6 is 22.9 Å². The van der Waals surface area contributed by atoms with E-state index >= 15 is 0 Å². The summed E-state index contributed by atoms with van der Waals surface area (Å²) in [6.45, 7) is 3.27. The Labute approximate surface area is 141 Å². The summed E-state index contributed by atoms with van der Waals surface area (Å²) >= 11 is 6.85. The van der Waals surface area contributed by atoms with E-state index in [1.807, 2.05) is 0 Å². The molecule has 0 spiro atoms. The molecule has 1 atom stereocenters. The van der Waals surface area contributed by atoms with E-state index in [1.54, 1.807) is 26.0 Å². The molecule has 23 heavy (non-hydrogen) atoms. The number of hydrogen-bond donors (Lipinski definition) is 2. The number of esters is 2. The lowest BCUT2D eigenvalue weighted by Crippen LogP contribution is -2.50. The molecule has 7 nitrogen and oxygen atoms in total. The molecule has 0 aliphatic carbocycles. The summed E-state index contributed by atoms with van der Waals surface area (Å²) in [5.74, 6) is -1.16. The van der Waals surface area contributed by atoms with Gasteiger partial charge in [-0.2, -0.15) is 0 Å². The highest BCUT2D eigenvalue weighted by Gasteiger charge is 2.30. The van der Waals surface area contributed by atoms with Crippen molar-refractivity contribution in [3.05, 3.63) is 32.6 Å². The van der Waals surface area contributed by atoms with Gasteiger partial charge in [-0.15, -0.1) is 11.3 Å². The first kappa shape index (κ1) is 17.3. The smallest absolute Gasteiger partial charge is 0.348 e. The third-order valence-corrected chi connectivity index (χ3v) is 4.20. The van der Waals surface area contributed by atoms with Gasteiger partial charge in [-0.25, -0.2) is 14.4 Å². The maximum absolute atomic E-state index is 12.0. The van der Waals surface area contributed by atoms with Crippen LogP contribution in [-0.4, -0.2) is 37.2 Å². The predicted octanol–water partition coefficient (Wildman–Crippen LogP) is 2.08. The van der Waals surface area contributed by atoms with Gasteiger partial charge < -0.3 is 20.1 Å². The SMILES string of the molecule is CCOC(=O)C1=C(COC(=O)c2ccc(Cl)s2)NC(=O)N[C@H]1C. The van der Waals surface area contributed by atoms with Crippen molar-refractivity contribution in [3.63, 3.8) is 0 Å². The van der Waals surface area contributed by atoms with Gasteiger partial charge in [0, 0.05) is 0 Å². The van der Waals surface area contributed by atoms with E-state index < -0.39 is 24.0 Å². The third-order valence-electron chi connectivity index (χ3n) is 2.99. The average Bonchev–Trinajstić information content (AvgIpc) is 2.91. The van der Waals surface area contributed by atoms with Gasteiger partial charge in [0.1, 0.15) is 11.5 Å². The number of urea groups is 1. The number of thiophene rings is 1. The van der Waals surface area contributed by atoms with E-state index in [2.05, 4.69) is 10.6 Å². The van der Waals surface area contributed by atoms with E-state index in [9.17, 15) is 14.4 Å². The minimum atomic E-state index is -0.585. The molecule has 0 fully saturated rings. The molecule has 1 aromatic heterocycles. The molecule has 2 rings (SSSR count). The van der Waals surface area contributed by atoms with Crippen LogP contribution in [0.15, 0.2) is 23.4 Å². The van der Waals surface area contributed by atoms with Crippen molar-refractivity contribution in [2.24, 2.45) is 0 Å². The van der Waals surface area contributed by atoms with E-state index in [-0.39, 0.29) is 24.5 Å². The molecule has 0 aromatic carbocycles. The molecule has 2 amide bonds. The summed E-state index contributed by atoms with van der Waals surface area (Å²) < 4.78 is 10.6. The number of carbonyl (C=O) groups excluding carboxylic acids is 3. The first-order valence-corrected chi connectivity index (χ1v) is 8.02. The molecule has 1 aliphatic rings. The van der Waals surface area contributed by atoms with Crippen LogP contribution in [0, 0.1) is 0 Å². The Hall–Kier alpha value is -2.06. The van der Waals surface area contributed by atoms with Gasteiger partial charge in [-0.1, -0.05) is 11.6 Å². The predicted molar refractivity (Wildman–Crippen MR) is 84.4 cm³/mol. The van der Waals surface area contributed by atoms with Gasteiger partial charge >= 0.3 is 18.0 Å².